The maximum absolute atomic E-state index is 12.8. The minimum atomic E-state index is -0.480. The normalized spacial score (nSPS) is 9.92. The van der Waals surface area contributed by atoms with Crippen molar-refractivity contribution in [3.05, 3.63) is 59.9 Å². The SMILES string of the molecule is CCNC(=O)Nc1cccc(NC(=O)CNC(=O)c2ccc(F)cc2)c1. The van der Waals surface area contributed by atoms with Gasteiger partial charge in [-0.05, 0) is 49.4 Å². The number of hydrogen-bond acceptors (Lipinski definition) is 3. The molecule has 0 radical (unpaired) electrons. The number of urea groups is 1. The minimum absolute atomic E-state index is 0.246. The summed E-state index contributed by atoms with van der Waals surface area (Å²) in [7, 11) is 0. The zero-order valence-corrected chi connectivity index (χ0v) is 14.1. The summed E-state index contributed by atoms with van der Waals surface area (Å²) in [6.45, 7) is 2.05. The van der Waals surface area contributed by atoms with Crippen LogP contribution in [-0.4, -0.2) is 30.9 Å². The van der Waals surface area contributed by atoms with E-state index in [9.17, 15) is 18.8 Å². The number of benzene rings is 2. The molecule has 2 aromatic rings. The Labute approximate surface area is 150 Å². The molecule has 0 saturated heterocycles. The van der Waals surface area contributed by atoms with Gasteiger partial charge in [0.15, 0.2) is 0 Å². The van der Waals surface area contributed by atoms with Crippen molar-refractivity contribution in [3.8, 4) is 0 Å². The number of carbonyl (C=O) groups is 3. The van der Waals surface area contributed by atoms with E-state index < -0.39 is 17.6 Å². The number of rotatable bonds is 6. The van der Waals surface area contributed by atoms with Crippen molar-refractivity contribution >= 4 is 29.2 Å². The summed E-state index contributed by atoms with van der Waals surface area (Å²) in [5, 5.41) is 10.3. The van der Waals surface area contributed by atoms with Gasteiger partial charge in [0, 0.05) is 23.5 Å². The van der Waals surface area contributed by atoms with Gasteiger partial charge in [-0.1, -0.05) is 6.07 Å². The molecule has 26 heavy (non-hydrogen) atoms. The van der Waals surface area contributed by atoms with Crippen molar-refractivity contribution < 1.29 is 18.8 Å². The van der Waals surface area contributed by atoms with Gasteiger partial charge in [-0.15, -0.1) is 0 Å². The molecule has 0 aliphatic heterocycles. The van der Waals surface area contributed by atoms with Gasteiger partial charge >= 0.3 is 6.03 Å². The predicted octanol–water partition coefficient (Wildman–Crippen LogP) is 2.34. The fraction of sp³-hybridized carbons (Fsp3) is 0.167. The Kier molecular flexibility index (Phi) is 6.67. The Morgan fingerprint density at radius 2 is 1.58 bits per heavy atom. The largest absolute Gasteiger partial charge is 0.343 e. The Hall–Kier alpha value is -3.42. The van der Waals surface area contributed by atoms with Crippen LogP contribution in [0, 0.1) is 5.82 Å². The minimum Gasteiger partial charge on any atom is -0.343 e. The molecule has 136 valence electrons. The number of halogens is 1. The van der Waals surface area contributed by atoms with Crippen LogP contribution in [0.15, 0.2) is 48.5 Å². The fourth-order valence-corrected chi connectivity index (χ4v) is 2.08. The Balaban J connectivity index is 1.86. The van der Waals surface area contributed by atoms with Crippen LogP contribution in [0.25, 0.3) is 0 Å². The lowest BCUT2D eigenvalue weighted by atomic mass is 10.2. The summed E-state index contributed by atoms with van der Waals surface area (Å²) in [4.78, 5) is 35.3. The van der Waals surface area contributed by atoms with E-state index in [0.717, 1.165) is 0 Å². The van der Waals surface area contributed by atoms with Gasteiger partial charge in [0.1, 0.15) is 5.82 Å². The van der Waals surface area contributed by atoms with Crippen molar-refractivity contribution in [2.75, 3.05) is 23.7 Å². The molecule has 0 fully saturated rings. The van der Waals surface area contributed by atoms with Crippen LogP contribution in [-0.2, 0) is 4.79 Å². The van der Waals surface area contributed by atoms with Crippen LogP contribution >= 0.6 is 0 Å². The standard InChI is InChI=1S/C18H19FN4O3/c1-2-20-18(26)23-15-5-3-4-14(10-15)22-16(24)11-21-17(25)12-6-8-13(19)9-7-12/h3-10H,2,11H2,1H3,(H,21,25)(H,22,24)(H2,20,23,26). The lowest BCUT2D eigenvalue weighted by Gasteiger charge is -2.10. The first-order valence-corrected chi connectivity index (χ1v) is 7.96. The van der Waals surface area contributed by atoms with Crippen LogP contribution < -0.4 is 21.3 Å². The molecule has 0 atom stereocenters. The molecule has 7 nitrogen and oxygen atoms in total. The highest BCUT2D eigenvalue weighted by Gasteiger charge is 2.09. The molecule has 0 unspecified atom stereocenters. The van der Waals surface area contributed by atoms with E-state index in [1.807, 2.05) is 0 Å². The Morgan fingerprint density at radius 3 is 2.23 bits per heavy atom. The summed E-state index contributed by atoms with van der Waals surface area (Å²) in [6.07, 6.45) is 0. The summed E-state index contributed by atoms with van der Waals surface area (Å²) in [5.41, 5.74) is 1.25. The summed E-state index contributed by atoms with van der Waals surface area (Å²) in [6, 6.07) is 11.3. The van der Waals surface area contributed by atoms with Crippen molar-refractivity contribution in [2.45, 2.75) is 6.92 Å². The van der Waals surface area contributed by atoms with Gasteiger partial charge < -0.3 is 21.3 Å². The van der Waals surface area contributed by atoms with Crippen LogP contribution in [0.2, 0.25) is 0 Å². The molecular weight excluding hydrogens is 339 g/mol. The summed E-state index contributed by atoms with van der Waals surface area (Å²) in [5.74, 6) is -1.36. The van der Waals surface area contributed by atoms with Gasteiger partial charge in [0.05, 0.1) is 6.54 Å². The van der Waals surface area contributed by atoms with E-state index in [1.165, 1.54) is 24.3 Å². The van der Waals surface area contributed by atoms with Crippen molar-refractivity contribution in [2.24, 2.45) is 0 Å². The smallest absolute Gasteiger partial charge is 0.319 e. The third-order valence-corrected chi connectivity index (χ3v) is 3.26. The van der Waals surface area contributed by atoms with Gasteiger partial charge in [-0.25, -0.2) is 9.18 Å². The lowest BCUT2D eigenvalue weighted by molar-refractivity contribution is -0.115. The number of anilines is 2. The molecule has 0 saturated carbocycles. The Bertz CT molecular complexity index is 793. The third-order valence-electron chi connectivity index (χ3n) is 3.26. The molecule has 0 aromatic heterocycles. The first-order valence-electron chi connectivity index (χ1n) is 7.96. The monoisotopic (exact) mass is 358 g/mol. The first-order chi connectivity index (χ1) is 12.5. The molecule has 0 aliphatic carbocycles. The zero-order valence-electron chi connectivity index (χ0n) is 14.1. The maximum Gasteiger partial charge on any atom is 0.319 e. The zero-order chi connectivity index (χ0) is 18.9. The molecule has 0 bridgehead atoms. The molecular formula is C18H19FN4O3. The van der Waals surface area contributed by atoms with E-state index in [2.05, 4.69) is 21.3 Å². The second-order valence-corrected chi connectivity index (χ2v) is 5.30. The van der Waals surface area contributed by atoms with E-state index in [-0.39, 0.29) is 18.1 Å². The van der Waals surface area contributed by atoms with Crippen LogP contribution in [0.3, 0.4) is 0 Å². The lowest BCUT2D eigenvalue weighted by Crippen LogP contribution is -2.32. The fourth-order valence-electron chi connectivity index (χ4n) is 2.08. The average Bonchev–Trinajstić information content (AvgIpc) is 2.61. The van der Waals surface area contributed by atoms with E-state index in [4.69, 9.17) is 0 Å². The average molecular weight is 358 g/mol. The predicted molar refractivity (Wildman–Crippen MR) is 96.5 cm³/mol. The van der Waals surface area contributed by atoms with Crippen molar-refractivity contribution in [1.82, 2.24) is 10.6 Å². The van der Waals surface area contributed by atoms with Crippen LogP contribution in [0.5, 0.6) is 0 Å². The second kappa shape index (κ2) is 9.16. The third kappa shape index (κ3) is 5.90. The molecule has 0 aliphatic rings. The number of carbonyl (C=O) groups excluding carboxylic acids is 3. The molecule has 4 amide bonds. The molecule has 0 heterocycles. The molecule has 0 spiro atoms. The molecule has 2 aromatic carbocycles. The van der Waals surface area contributed by atoms with Gasteiger partial charge in [0.25, 0.3) is 5.91 Å². The highest BCUT2D eigenvalue weighted by atomic mass is 19.1. The van der Waals surface area contributed by atoms with Gasteiger partial charge in [-0.3, -0.25) is 9.59 Å². The van der Waals surface area contributed by atoms with Gasteiger partial charge in [0.2, 0.25) is 5.91 Å². The van der Waals surface area contributed by atoms with Crippen LogP contribution in [0.1, 0.15) is 17.3 Å². The topological polar surface area (TPSA) is 99.3 Å². The molecule has 2 rings (SSSR count). The van der Waals surface area contributed by atoms with Crippen LogP contribution in [0.4, 0.5) is 20.6 Å². The summed E-state index contributed by atoms with van der Waals surface area (Å²) >= 11 is 0. The van der Waals surface area contributed by atoms with E-state index in [0.29, 0.717) is 17.9 Å². The molecule has 8 heteroatoms. The van der Waals surface area contributed by atoms with Crippen molar-refractivity contribution in [1.29, 1.82) is 0 Å². The van der Waals surface area contributed by atoms with Crippen molar-refractivity contribution in [3.63, 3.8) is 0 Å². The van der Waals surface area contributed by atoms with E-state index in [1.54, 1.807) is 31.2 Å². The molecule has 4 N–H and O–H groups in total. The highest BCUT2D eigenvalue weighted by molar-refractivity contribution is 5.99. The maximum atomic E-state index is 12.8. The quantitative estimate of drug-likeness (QED) is 0.638. The highest BCUT2D eigenvalue weighted by Crippen LogP contribution is 2.14. The first kappa shape index (κ1) is 18.9. The summed E-state index contributed by atoms with van der Waals surface area (Å²) < 4.78 is 12.8. The number of hydrogen-bond donors (Lipinski definition) is 4. The number of nitrogens with one attached hydrogen (secondary N) is 4. The Morgan fingerprint density at radius 1 is 0.923 bits per heavy atom. The number of amides is 4. The van der Waals surface area contributed by atoms with E-state index >= 15 is 0 Å². The second-order valence-electron chi connectivity index (χ2n) is 5.30. The van der Waals surface area contributed by atoms with Gasteiger partial charge in [-0.2, -0.15) is 0 Å².